The molecular formula is C20H38O6Si2. The third kappa shape index (κ3) is 7.68. The van der Waals surface area contributed by atoms with E-state index in [0.717, 1.165) is 11.1 Å². The Morgan fingerprint density at radius 3 is 0.964 bits per heavy atom. The summed E-state index contributed by atoms with van der Waals surface area (Å²) >= 11 is 0. The van der Waals surface area contributed by atoms with Crippen LogP contribution in [0.2, 0.25) is 0 Å². The van der Waals surface area contributed by atoms with Crippen molar-refractivity contribution in [3.05, 3.63) is 35.4 Å². The van der Waals surface area contributed by atoms with E-state index in [4.69, 9.17) is 26.6 Å². The second kappa shape index (κ2) is 13.6. The molecule has 6 nitrogen and oxygen atoms in total. The molecule has 0 amide bonds. The maximum Gasteiger partial charge on any atom is 0.505 e. The van der Waals surface area contributed by atoms with Gasteiger partial charge in [0.25, 0.3) is 0 Å². The average Bonchev–Trinajstić information content (AvgIpc) is 2.65. The van der Waals surface area contributed by atoms with Crippen molar-refractivity contribution in [2.24, 2.45) is 0 Å². The standard InChI is InChI=1S/C20H38O6Si2/c1-7-21-27(22-8-2,23-9-3)17-19-15-13-14-16-20(19)18-28(24-10-4,25-11-5)26-12-6/h13-16H,7-12,17-18H2,1-6H3. The SMILES string of the molecule is CCO[Si](Cc1ccccc1C[Si](OCC)(OCC)OCC)(OCC)OCC. The average molecular weight is 431 g/mol. The van der Waals surface area contributed by atoms with Gasteiger partial charge in [-0.15, -0.1) is 0 Å². The second-order valence-corrected chi connectivity index (χ2v) is 11.3. The summed E-state index contributed by atoms with van der Waals surface area (Å²) in [6.07, 6.45) is 0. The monoisotopic (exact) mass is 430 g/mol. The van der Waals surface area contributed by atoms with Gasteiger partial charge in [-0.05, 0) is 52.7 Å². The lowest BCUT2D eigenvalue weighted by Gasteiger charge is -2.31. The maximum absolute atomic E-state index is 6.05. The summed E-state index contributed by atoms with van der Waals surface area (Å²) in [6.45, 7) is 15.2. The van der Waals surface area contributed by atoms with Gasteiger partial charge >= 0.3 is 17.6 Å². The number of rotatable bonds is 16. The van der Waals surface area contributed by atoms with E-state index < -0.39 is 17.6 Å². The van der Waals surface area contributed by atoms with E-state index in [9.17, 15) is 0 Å². The fraction of sp³-hybridized carbons (Fsp3) is 0.700. The van der Waals surface area contributed by atoms with E-state index in [1.165, 1.54) is 0 Å². The minimum Gasteiger partial charge on any atom is -0.374 e. The number of hydrogen-bond donors (Lipinski definition) is 0. The highest BCUT2D eigenvalue weighted by molar-refractivity contribution is 6.61. The van der Waals surface area contributed by atoms with Crippen LogP contribution in [0.1, 0.15) is 52.7 Å². The lowest BCUT2D eigenvalue weighted by molar-refractivity contribution is 0.0679. The van der Waals surface area contributed by atoms with E-state index in [1.807, 2.05) is 53.7 Å². The molecule has 0 aliphatic carbocycles. The van der Waals surface area contributed by atoms with Crippen LogP contribution in [0.25, 0.3) is 0 Å². The molecule has 0 unspecified atom stereocenters. The molecule has 162 valence electrons. The molecule has 8 heteroatoms. The molecule has 0 spiro atoms. The van der Waals surface area contributed by atoms with Gasteiger partial charge in [0.1, 0.15) is 0 Å². The molecule has 0 heterocycles. The van der Waals surface area contributed by atoms with E-state index in [1.54, 1.807) is 0 Å². The lowest BCUT2D eigenvalue weighted by Crippen LogP contribution is -2.50. The number of hydrogen-bond acceptors (Lipinski definition) is 6. The largest absolute Gasteiger partial charge is 0.505 e. The molecule has 0 bridgehead atoms. The van der Waals surface area contributed by atoms with Gasteiger partial charge in [0.05, 0.1) is 0 Å². The van der Waals surface area contributed by atoms with Crippen molar-refractivity contribution in [1.82, 2.24) is 0 Å². The fourth-order valence-corrected chi connectivity index (χ4v) is 8.62. The van der Waals surface area contributed by atoms with Crippen molar-refractivity contribution in [3.8, 4) is 0 Å². The molecule has 0 N–H and O–H groups in total. The molecule has 0 radical (unpaired) electrons. The molecule has 0 saturated carbocycles. The first kappa shape index (κ1) is 25.5. The predicted molar refractivity (Wildman–Crippen MR) is 115 cm³/mol. The van der Waals surface area contributed by atoms with Gasteiger partial charge in [0.15, 0.2) is 0 Å². The van der Waals surface area contributed by atoms with Crippen LogP contribution >= 0.6 is 0 Å². The summed E-state index contributed by atoms with van der Waals surface area (Å²) in [5.41, 5.74) is 2.28. The highest BCUT2D eigenvalue weighted by Crippen LogP contribution is 2.24. The second-order valence-electron chi connectivity index (χ2n) is 6.09. The highest BCUT2D eigenvalue weighted by atomic mass is 28.4. The molecule has 0 atom stereocenters. The predicted octanol–water partition coefficient (Wildman–Crippen LogP) is 3.95. The Morgan fingerprint density at radius 2 is 0.750 bits per heavy atom. The van der Waals surface area contributed by atoms with Crippen LogP contribution in [0, 0.1) is 0 Å². The zero-order valence-corrected chi connectivity index (χ0v) is 20.4. The zero-order valence-electron chi connectivity index (χ0n) is 18.4. The Balaban J connectivity index is 3.22. The van der Waals surface area contributed by atoms with Gasteiger partial charge in [0.2, 0.25) is 0 Å². The van der Waals surface area contributed by atoms with Gasteiger partial charge in [0, 0.05) is 51.7 Å². The molecule has 1 aromatic rings. The quantitative estimate of drug-likeness (QED) is 0.370. The topological polar surface area (TPSA) is 55.4 Å². The van der Waals surface area contributed by atoms with Gasteiger partial charge in [-0.2, -0.15) is 0 Å². The van der Waals surface area contributed by atoms with Crippen molar-refractivity contribution in [2.75, 3.05) is 39.6 Å². The highest BCUT2D eigenvalue weighted by Gasteiger charge is 2.44. The fourth-order valence-electron chi connectivity index (χ4n) is 3.24. The molecule has 28 heavy (non-hydrogen) atoms. The molecule has 0 aliphatic heterocycles. The summed E-state index contributed by atoms with van der Waals surface area (Å²) in [5.74, 6) is 0. The molecule has 0 fully saturated rings. The summed E-state index contributed by atoms with van der Waals surface area (Å²) in [5, 5.41) is 0. The van der Waals surface area contributed by atoms with Crippen molar-refractivity contribution >= 4 is 17.6 Å². The molecule has 0 saturated heterocycles. The summed E-state index contributed by atoms with van der Waals surface area (Å²) in [4.78, 5) is 0. The van der Waals surface area contributed by atoms with E-state index in [-0.39, 0.29) is 0 Å². The third-order valence-corrected chi connectivity index (χ3v) is 10.1. The van der Waals surface area contributed by atoms with Crippen LogP contribution in [-0.2, 0) is 38.6 Å². The Hall–Kier alpha value is -0.586. The Kier molecular flexibility index (Phi) is 12.4. The van der Waals surface area contributed by atoms with Crippen LogP contribution in [0.3, 0.4) is 0 Å². The molecule has 0 aromatic heterocycles. The van der Waals surface area contributed by atoms with Crippen molar-refractivity contribution in [1.29, 1.82) is 0 Å². The van der Waals surface area contributed by atoms with Gasteiger partial charge in [-0.25, -0.2) is 0 Å². The Bertz CT molecular complexity index is 462. The van der Waals surface area contributed by atoms with E-state index in [2.05, 4.69) is 12.1 Å². The van der Waals surface area contributed by atoms with Crippen LogP contribution in [0.4, 0.5) is 0 Å². The first-order chi connectivity index (χ1) is 13.5. The molecule has 1 rings (SSSR count). The maximum atomic E-state index is 6.05. The Labute approximate surface area is 173 Å². The van der Waals surface area contributed by atoms with Crippen LogP contribution in [-0.4, -0.2) is 57.3 Å². The van der Waals surface area contributed by atoms with Crippen LogP contribution in [0.5, 0.6) is 0 Å². The normalized spacial score (nSPS) is 12.5. The van der Waals surface area contributed by atoms with E-state index >= 15 is 0 Å². The number of benzene rings is 1. The first-order valence-electron chi connectivity index (χ1n) is 10.4. The first-order valence-corrected chi connectivity index (χ1v) is 14.3. The molecule has 1 aromatic carbocycles. The van der Waals surface area contributed by atoms with Crippen molar-refractivity contribution in [3.63, 3.8) is 0 Å². The Morgan fingerprint density at radius 1 is 0.500 bits per heavy atom. The summed E-state index contributed by atoms with van der Waals surface area (Å²) in [7, 11) is -5.61. The van der Waals surface area contributed by atoms with Crippen molar-refractivity contribution < 1.29 is 26.6 Å². The summed E-state index contributed by atoms with van der Waals surface area (Å²) in [6, 6.07) is 9.52. The molecular weight excluding hydrogens is 392 g/mol. The smallest absolute Gasteiger partial charge is 0.374 e. The van der Waals surface area contributed by atoms with Crippen LogP contribution < -0.4 is 0 Å². The van der Waals surface area contributed by atoms with Gasteiger partial charge < -0.3 is 26.6 Å². The third-order valence-electron chi connectivity index (χ3n) is 4.12. The summed E-state index contributed by atoms with van der Waals surface area (Å²) < 4.78 is 36.3. The lowest BCUT2D eigenvalue weighted by atomic mass is 10.1. The van der Waals surface area contributed by atoms with E-state index in [0.29, 0.717) is 51.7 Å². The minimum absolute atomic E-state index is 0.559. The van der Waals surface area contributed by atoms with Crippen LogP contribution in [0.15, 0.2) is 24.3 Å². The van der Waals surface area contributed by atoms with Crippen molar-refractivity contribution in [2.45, 2.75) is 53.6 Å². The molecule has 0 aliphatic rings. The zero-order chi connectivity index (χ0) is 20.9. The van der Waals surface area contributed by atoms with Gasteiger partial charge in [-0.3, -0.25) is 0 Å². The minimum atomic E-state index is -2.81. The van der Waals surface area contributed by atoms with Gasteiger partial charge in [-0.1, -0.05) is 24.3 Å².